The van der Waals surface area contributed by atoms with Crippen molar-refractivity contribution in [1.82, 2.24) is 19.9 Å². The van der Waals surface area contributed by atoms with Crippen LogP contribution in [-0.4, -0.2) is 49.6 Å². The summed E-state index contributed by atoms with van der Waals surface area (Å²) in [6.07, 6.45) is -0.0232. The van der Waals surface area contributed by atoms with Gasteiger partial charge in [-0.15, -0.1) is 0 Å². The van der Waals surface area contributed by atoms with E-state index in [1.54, 1.807) is 0 Å². The van der Waals surface area contributed by atoms with E-state index in [-0.39, 0.29) is 29.1 Å². The first kappa shape index (κ1) is 19.2. The average molecular weight is 417 g/mol. The molecule has 30 heavy (non-hydrogen) atoms. The van der Waals surface area contributed by atoms with Gasteiger partial charge in [-0.1, -0.05) is 0 Å². The number of nitrogen functional groups attached to an aromatic ring is 1. The van der Waals surface area contributed by atoms with Crippen molar-refractivity contribution in [3.63, 3.8) is 0 Å². The maximum absolute atomic E-state index is 14.4. The second kappa shape index (κ2) is 7.15. The Hall–Kier alpha value is -2.82. The van der Waals surface area contributed by atoms with Crippen molar-refractivity contribution in [3.8, 4) is 5.75 Å². The van der Waals surface area contributed by atoms with Crippen LogP contribution in [-0.2, 0) is 13.0 Å². The fraction of sp³-hybridized carbons (Fsp3) is 0.400. The molecule has 3 aromatic rings. The Balaban J connectivity index is 1.46. The van der Waals surface area contributed by atoms with Gasteiger partial charge < -0.3 is 30.6 Å². The number of aromatic nitrogens is 3. The number of fused-ring (bicyclic) bond motifs is 2. The predicted molar refractivity (Wildman–Crippen MR) is 104 cm³/mol. The zero-order chi connectivity index (χ0) is 21.0. The standard InChI is InChI=1S/C20H21F2N5O3/c21-11-1-2-14(10-6-24-4-3-9(10)11)30-15-5-13(17(28)18(15)29)27-7-12(22)16-19(23)25-8-26-20(16)27/h1-2,7-8,13,15,17-18,24,28-29H,3-6H2,(H2,23,25,26)/t13?,15?,17-,18+/m0/s1. The Morgan fingerprint density at radius 2 is 1.97 bits per heavy atom. The number of aliphatic hydroxyl groups excluding tert-OH is 2. The molecule has 158 valence electrons. The van der Waals surface area contributed by atoms with Crippen molar-refractivity contribution < 1.29 is 23.7 Å². The minimum absolute atomic E-state index is 0.00234. The van der Waals surface area contributed by atoms with Crippen LogP contribution in [0.5, 0.6) is 5.75 Å². The van der Waals surface area contributed by atoms with E-state index >= 15 is 0 Å². The number of halogens is 2. The molecular formula is C20H21F2N5O3. The van der Waals surface area contributed by atoms with Gasteiger partial charge in [0.2, 0.25) is 0 Å². The van der Waals surface area contributed by atoms with Gasteiger partial charge in [0.25, 0.3) is 0 Å². The minimum atomic E-state index is -1.22. The molecular weight excluding hydrogens is 396 g/mol. The van der Waals surface area contributed by atoms with Crippen molar-refractivity contribution in [1.29, 1.82) is 0 Å². The van der Waals surface area contributed by atoms with Crippen molar-refractivity contribution in [2.24, 2.45) is 0 Å². The van der Waals surface area contributed by atoms with Crippen molar-refractivity contribution in [3.05, 3.63) is 47.4 Å². The van der Waals surface area contributed by atoms with E-state index < -0.39 is 30.2 Å². The molecule has 1 aliphatic heterocycles. The number of hydrogen-bond donors (Lipinski definition) is 4. The monoisotopic (exact) mass is 417 g/mol. The molecule has 2 aliphatic rings. The predicted octanol–water partition coefficient (Wildman–Crippen LogP) is 1.05. The fourth-order valence-corrected chi connectivity index (χ4v) is 4.48. The molecule has 4 atom stereocenters. The number of ether oxygens (including phenoxy) is 1. The largest absolute Gasteiger partial charge is 0.487 e. The van der Waals surface area contributed by atoms with E-state index in [1.165, 1.54) is 29.2 Å². The van der Waals surface area contributed by atoms with Crippen LogP contribution in [0.1, 0.15) is 23.6 Å². The molecule has 8 nitrogen and oxygen atoms in total. The average Bonchev–Trinajstić information content (AvgIpc) is 3.22. The molecule has 1 aliphatic carbocycles. The van der Waals surface area contributed by atoms with E-state index in [9.17, 15) is 19.0 Å². The van der Waals surface area contributed by atoms with E-state index in [0.29, 0.717) is 36.4 Å². The summed E-state index contributed by atoms with van der Waals surface area (Å²) in [6.45, 7) is 1.14. The lowest BCUT2D eigenvalue weighted by Gasteiger charge is -2.24. The smallest absolute Gasteiger partial charge is 0.154 e. The highest BCUT2D eigenvalue weighted by Gasteiger charge is 2.45. The van der Waals surface area contributed by atoms with Gasteiger partial charge in [0.15, 0.2) is 5.82 Å². The van der Waals surface area contributed by atoms with Crippen molar-refractivity contribution >= 4 is 16.9 Å². The summed E-state index contributed by atoms with van der Waals surface area (Å²) in [5, 5.41) is 24.5. The van der Waals surface area contributed by atoms with E-state index in [4.69, 9.17) is 10.5 Å². The van der Waals surface area contributed by atoms with Gasteiger partial charge in [0, 0.05) is 24.7 Å². The highest BCUT2D eigenvalue weighted by molar-refractivity contribution is 5.86. The quantitative estimate of drug-likeness (QED) is 0.503. The zero-order valence-corrected chi connectivity index (χ0v) is 15.9. The highest BCUT2D eigenvalue weighted by atomic mass is 19.1. The van der Waals surface area contributed by atoms with Crippen LogP contribution < -0.4 is 15.8 Å². The number of nitrogens with one attached hydrogen (secondary N) is 1. The third-order valence-electron chi connectivity index (χ3n) is 6.01. The lowest BCUT2D eigenvalue weighted by Crippen LogP contribution is -2.35. The van der Waals surface area contributed by atoms with Crippen molar-refractivity contribution in [2.45, 2.75) is 43.7 Å². The van der Waals surface area contributed by atoms with E-state index in [2.05, 4.69) is 15.3 Å². The third-order valence-corrected chi connectivity index (χ3v) is 6.01. The van der Waals surface area contributed by atoms with Crippen LogP contribution in [0.25, 0.3) is 11.0 Å². The first-order valence-corrected chi connectivity index (χ1v) is 9.76. The highest BCUT2D eigenvalue weighted by Crippen LogP contribution is 2.38. The Labute approximate surface area is 170 Å². The molecule has 1 saturated carbocycles. The number of anilines is 1. The topological polar surface area (TPSA) is 118 Å². The van der Waals surface area contributed by atoms with Gasteiger partial charge in [0.05, 0.1) is 11.4 Å². The molecule has 0 bridgehead atoms. The Kier molecular flexibility index (Phi) is 4.57. The van der Waals surface area contributed by atoms with Gasteiger partial charge in [0.1, 0.15) is 47.7 Å². The summed E-state index contributed by atoms with van der Waals surface area (Å²) >= 11 is 0. The van der Waals surface area contributed by atoms with Gasteiger partial charge >= 0.3 is 0 Å². The van der Waals surface area contributed by atoms with E-state index in [0.717, 1.165) is 0 Å². The zero-order valence-electron chi connectivity index (χ0n) is 15.9. The molecule has 2 aromatic heterocycles. The maximum Gasteiger partial charge on any atom is 0.154 e. The van der Waals surface area contributed by atoms with Crippen LogP contribution in [0.2, 0.25) is 0 Å². The summed E-state index contributed by atoms with van der Waals surface area (Å²) in [6, 6.07) is 2.20. The molecule has 0 amide bonds. The van der Waals surface area contributed by atoms with Gasteiger partial charge in [-0.2, -0.15) is 0 Å². The lowest BCUT2D eigenvalue weighted by atomic mass is 9.99. The molecule has 1 fully saturated rings. The first-order chi connectivity index (χ1) is 14.5. The summed E-state index contributed by atoms with van der Waals surface area (Å²) in [4.78, 5) is 7.89. The number of nitrogens with two attached hydrogens (primary N) is 1. The van der Waals surface area contributed by atoms with Gasteiger partial charge in [-0.25, -0.2) is 18.7 Å². The molecule has 0 saturated heterocycles. The van der Waals surface area contributed by atoms with Crippen LogP contribution in [0, 0.1) is 11.6 Å². The lowest BCUT2D eigenvalue weighted by molar-refractivity contribution is -0.0167. The summed E-state index contributed by atoms with van der Waals surface area (Å²) in [5.41, 5.74) is 7.31. The number of benzene rings is 1. The third kappa shape index (κ3) is 2.91. The molecule has 10 heteroatoms. The molecule has 5 rings (SSSR count). The van der Waals surface area contributed by atoms with E-state index in [1.807, 2.05) is 0 Å². The molecule has 3 heterocycles. The fourth-order valence-electron chi connectivity index (χ4n) is 4.48. The molecule has 5 N–H and O–H groups in total. The number of nitrogens with zero attached hydrogens (tertiary/aromatic N) is 3. The van der Waals surface area contributed by atoms with Crippen LogP contribution in [0.4, 0.5) is 14.6 Å². The van der Waals surface area contributed by atoms with Crippen LogP contribution in [0.15, 0.2) is 24.7 Å². The Morgan fingerprint density at radius 3 is 2.80 bits per heavy atom. The maximum atomic E-state index is 14.4. The van der Waals surface area contributed by atoms with Crippen LogP contribution in [0.3, 0.4) is 0 Å². The normalized spacial score (nSPS) is 26.1. The summed E-state index contributed by atoms with van der Waals surface area (Å²) in [5.74, 6) is -0.420. The molecule has 0 radical (unpaired) electrons. The molecule has 2 unspecified atom stereocenters. The Bertz CT molecular complexity index is 1120. The van der Waals surface area contributed by atoms with Gasteiger partial charge in [-0.05, 0) is 30.7 Å². The van der Waals surface area contributed by atoms with Crippen molar-refractivity contribution in [2.75, 3.05) is 12.3 Å². The molecule has 0 spiro atoms. The van der Waals surface area contributed by atoms with Gasteiger partial charge in [-0.3, -0.25) is 0 Å². The number of aliphatic hydroxyl groups is 2. The minimum Gasteiger partial charge on any atom is -0.487 e. The second-order valence-electron chi connectivity index (χ2n) is 7.71. The first-order valence-electron chi connectivity index (χ1n) is 9.76. The number of rotatable bonds is 3. The summed E-state index contributed by atoms with van der Waals surface area (Å²) in [7, 11) is 0. The molecule has 1 aromatic carbocycles. The second-order valence-corrected chi connectivity index (χ2v) is 7.71. The number of hydrogen-bond acceptors (Lipinski definition) is 7. The van der Waals surface area contributed by atoms with Crippen LogP contribution >= 0.6 is 0 Å². The summed E-state index contributed by atoms with van der Waals surface area (Å²) < 4.78 is 36.0. The SMILES string of the molecule is Nc1ncnc2c1c(F)cn2C1CC(Oc2ccc(F)c3c2CNCC3)[C@@H](O)[C@H]1O. The Morgan fingerprint density at radius 1 is 1.13 bits per heavy atom.